The molecule has 5 heteroatoms. The van der Waals surface area contributed by atoms with E-state index in [1.54, 1.807) is 6.07 Å². The van der Waals surface area contributed by atoms with E-state index < -0.39 is 0 Å². The van der Waals surface area contributed by atoms with Crippen LogP contribution in [0.5, 0.6) is 17.2 Å². The summed E-state index contributed by atoms with van der Waals surface area (Å²) in [5, 5.41) is 0. The zero-order valence-electron chi connectivity index (χ0n) is 17.2. The number of aryl methyl sites for hydroxylation is 2. The van der Waals surface area contributed by atoms with Crippen LogP contribution in [0.25, 0.3) is 22.4 Å². The highest BCUT2D eigenvalue weighted by Crippen LogP contribution is 2.44. The summed E-state index contributed by atoms with van der Waals surface area (Å²) in [5.41, 5.74) is 7.46. The zero-order valence-corrected chi connectivity index (χ0v) is 17.2. The second-order valence-corrected chi connectivity index (χ2v) is 7.98. The van der Waals surface area contributed by atoms with Crippen LogP contribution in [-0.4, -0.2) is 18.5 Å². The summed E-state index contributed by atoms with van der Waals surface area (Å²) in [6.07, 6.45) is 3.59. The Morgan fingerprint density at radius 1 is 0.968 bits per heavy atom. The molecule has 0 aromatic heterocycles. The number of ether oxygens (including phenoxy) is 3. The number of aromatic nitrogens is 1. The Morgan fingerprint density at radius 2 is 1.77 bits per heavy atom. The van der Waals surface area contributed by atoms with Gasteiger partial charge in [-0.3, -0.25) is 4.79 Å². The van der Waals surface area contributed by atoms with Gasteiger partial charge in [0.2, 0.25) is 12.2 Å². The van der Waals surface area contributed by atoms with Gasteiger partial charge in [-0.25, -0.2) is 0 Å². The summed E-state index contributed by atoms with van der Waals surface area (Å²) in [7, 11) is 1.54. The number of nitrogens with zero attached hydrogens (tertiary/aromatic N) is 1. The Balaban J connectivity index is 1.66. The van der Waals surface area contributed by atoms with E-state index in [1.165, 1.54) is 18.2 Å². The minimum atomic E-state index is -0.0684. The van der Waals surface area contributed by atoms with Gasteiger partial charge in [0.15, 0.2) is 17.2 Å². The molecule has 0 saturated heterocycles. The molecule has 0 radical (unpaired) electrons. The van der Waals surface area contributed by atoms with Crippen LogP contribution in [0.1, 0.15) is 16.7 Å². The highest BCUT2D eigenvalue weighted by Gasteiger charge is 2.28. The van der Waals surface area contributed by atoms with Crippen LogP contribution in [0, 0.1) is 0 Å². The first kappa shape index (κ1) is 18.1. The van der Waals surface area contributed by atoms with Gasteiger partial charge >= 0.3 is 0 Å². The third kappa shape index (κ3) is 2.81. The average molecular weight is 411 g/mol. The molecule has 0 bridgehead atoms. The Labute approximate surface area is 179 Å². The van der Waals surface area contributed by atoms with E-state index in [2.05, 4.69) is 28.8 Å². The van der Waals surface area contributed by atoms with E-state index in [9.17, 15) is 4.79 Å². The van der Waals surface area contributed by atoms with Crippen LogP contribution in [0.4, 0.5) is 0 Å². The van der Waals surface area contributed by atoms with Crippen molar-refractivity contribution in [1.29, 1.82) is 0 Å². The van der Waals surface area contributed by atoms with E-state index in [4.69, 9.17) is 14.2 Å². The monoisotopic (exact) mass is 411 g/mol. The van der Waals surface area contributed by atoms with E-state index in [0.29, 0.717) is 11.3 Å². The highest BCUT2D eigenvalue weighted by molar-refractivity contribution is 5.82. The molecule has 3 aliphatic heterocycles. The lowest BCUT2D eigenvalue weighted by Gasteiger charge is -2.29. The third-order valence-corrected chi connectivity index (χ3v) is 6.26. The van der Waals surface area contributed by atoms with Gasteiger partial charge in [0.05, 0.1) is 12.8 Å². The standard InChI is InChI=1S/C26H21NO4/c1-29-22-8-7-18-20(11-16-5-3-2-4-6-16)25-19-13-24-23(30-15-31-24)12-17(19)9-10-27(25)14-21(18)26(22)28/h2-8,12-14H,9-11,15H2,1H3. The van der Waals surface area contributed by atoms with Crippen molar-refractivity contribution in [2.45, 2.75) is 19.4 Å². The molecule has 154 valence electrons. The number of hydrogen-bond donors (Lipinski definition) is 0. The molecular formula is C26H21NO4. The van der Waals surface area contributed by atoms with E-state index in [0.717, 1.165) is 53.3 Å². The fraction of sp³-hybridized carbons (Fsp3) is 0.192. The van der Waals surface area contributed by atoms with Gasteiger partial charge in [-0.05, 0) is 52.9 Å². The van der Waals surface area contributed by atoms with E-state index in [-0.39, 0.29) is 12.2 Å². The second kappa shape index (κ2) is 6.91. The average Bonchev–Trinajstić information content (AvgIpc) is 3.26. The molecule has 0 saturated carbocycles. The summed E-state index contributed by atoms with van der Waals surface area (Å²) in [4.78, 5) is 13.1. The lowest BCUT2D eigenvalue weighted by atomic mass is 9.86. The fourth-order valence-corrected chi connectivity index (χ4v) is 4.78. The molecule has 31 heavy (non-hydrogen) atoms. The molecule has 0 fully saturated rings. The number of methoxy groups -OCH3 is 1. The summed E-state index contributed by atoms with van der Waals surface area (Å²) in [5.74, 6) is 1.96. The molecule has 0 N–H and O–H groups in total. The maximum absolute atomic E-state index is 13.1. The molecule has 4 aliphatic rings. The molecule has 0 unspecified atom stereocenters. The summed E-state index contributed by atoms with van der Waals surface area (Å²) < 4.78 is 18.8. The SMILES string of the molecule is COc1ccc2c(Cc3ccccc3)c3n(cc-2c1=O)CCc1cc2c(cc1-3)OCO2. The minimum Gasteiger partial charge on any atom is -0.493 e. The molecule has 1 aliphatic carbocycles. The number of benzene rings is 3. The van der Waals surface area contributed by atoms with Crippen molar-refractivity contribution in [3.8, 4) is 39.6 Å². The topological polar surface area (TPSA) is 49.7 Å². The second-order valence-electron chi connectivity index (χ2n) is 7.98. The van der Waals surface area contributed by atoms with Gasteiger partial charge in [0.1, 0.15) is 0 Å². The minimum absolute atomic E-state index is 0.0684. The van der Waals surface area contributed by atoms with Crippen LogP contribution >= 0.6 is 0 Å². The summed E-state index contributed by atoms with van der Waals surface area (Å²) in [6, 6.07) is 18.3. The maximum Gasteiger partial charge on any atom is 0.231 e. The third-order valence-electron chi connectivity index (χ3n) is 6.26. The summed E-state index contributed by atoms with van der Waals surface area (Å²) in [6.45, 7) is 1.06. The molecular weight excluding hydrogens is 390 g/mol. The largest absolute Gasteiger partial charge is 0.493 e. The van der Waals surface area contributed by atoms with Gasteiger partial charge in [0.25, 0.3) is 0 Å². The van der Waals surface area contributed by atoms with Crippen LogP contribution in [0.3, 0.4) is 0 Å². The molecule has 3 heterocycles. The van der Waals surface area contributed by atoms with Gasteiger partial charge in [-0.1, -0.05) is 30.3 Å². The molecule has 0 spiro atoms. The van der Waals surface area contributed by atoms with Gasteiger partial charge in [-0.2, -0.15) is 0 Å². The van der Waals surface area contributed by atoms with Gasteiger partial charge in [-0.15, -0.1) is 0 Å². The number of fused-ring (bicyclic) bond motifs is 5. The molecule has 6 rings (SSSR count). The van der Waals surface area contributed by atoms with Crippen molar-refractivity contribution in [1.82, 2.24) is 4.57 Å². The predicted octanol–water partition coefficient (Wildman–Crippen LogP) is 4.50. The van der Waals surface area contributed by atoms with Crippen molar-refractivity contribution in [2.24, 2.45) is 0 Å². The van der Waals surface area contributed by atoms with E-state index >= 15 is 0 Å². The highest BCUT2D eigenvalue weighted by atomic mass is 16.7. The Hall–Kier alpha value is -3.73. The van der Waals surface area contributed by atoms with Crippen LogP contribution in [-0.2, 0) is 19.4 Å². The maximum atomic E-state index is 13.1. The van der Waals surface area contributed by atoms with Gasteiger partial charge in [0, 0.05) is 30.3 Å². The number of hydrogen-bond acceptors (Lipinski definition) is 4. The smallest absolute Gasteiger partial charge is 0.231 e. The number of rotatable bonds is 3. The lowest BCUT2D eigenvalue weighted by molar-refractivity contribution is 0.174. The first-order valence-electron chi connectivity index (χ1n) is 10.4. The fourth-order valence-electron chi connectivity index (χ4n) is 4.78. The quantitative estimate of drug-likeness (QED) is 0.498. The van der Waals surface area contributed by atoms with Gasteiger partial charge < -0.3 is 18.8 Å². The van der Waals surface area contributed by atoms with Crippen molar-refractivity contribution in [3.05, 3.63) is 87.7 Å². The lowest BCUT2D eigenvalue weighted by Crippen LogP contribution is -2.20. The first-order chi connectivity index (χ1) is 15.2. The summed E-state index contributed by atoms with van der Waals surface area (Å²) >= 11 is 0. The van der Waals surface area contributed by atoms with Crippen molar-refractivity contribution < 1.29 is 14.2 Å². The molecule has 5 nitrogen and oxygen atoms in total. The first-order valence-corrected chi connectivity index (χ1v) is 10.4. The van der Waals surface area contributed by atoms with Crippen LogP contribution in [0.2, 0.25) is 0 Å². The van der Waals surface area contributed by atoms with E-state index in [1.807, 2.05) is 30.5 Å². The molecule has 0 atom stereocenters. The van der Waals surface area contributed by atoms with Crippen LogP contribution < -0.4 is 19.6 Å². The Kier molecular flexibility index (Phi) is 4.03. The van der Waals surface area contributed by atoms with Crippen molar-refractivity contribution in [3.63, 3.8) is 0 Å². The van der Waals surface area contributed by atoms with Crippen molar-refractivity contribution in [2.75, 3.05) is 13.9 Å². The van der Waals surface area contributed by atoms with Crippen molar-refractivity contribution >= 4 is 0 Å². The molecule has 0 amide bonds. The Morgan fingerprint density at radius 3 is 2.58 bits per heavy atom. The zero-order chi connectivity index (χ0) is 20.9. The normalized spacial score (nSPS) is 13.7. The predicted molar refractivity (Wildman–Crippen MR) is 118 cm³/mol. The van der Waals surface area contributed by atoms with Crippen LogP contribution in [0.15, 0.2) is 65.6 Å². The number of pyridine rings is 1. The molecule has 2 aromatic carbocycles. The molecule has 2 aromatic rings. The Bertz CT molecular complexity index is 1340.